The second-order valence-electron chi connectivity index (χ2n) is 8.17. The van der Waals surface area contributed by atoms with E-state index >= 15 is 0 Å². The van der Waals surface area contributed by atoms with Gasteiger partial charge in [-0.25, -0.2) is 4.79 Å². The van der Waals surface area contributed by atoms with Crippen LogP contribution in [-0.2, 0) is 20.8 Å². The van der Waals surface area contributed by atoms with E-state index in [1.54, 1.807) is 12.1 Å². The second kappa shape index (κ2) is 10.6. The molecule has 2 aromatic rings. The lowest BCUT2D eigenvalue weighted by atomic mass is 10.1. The number of piperidine rings is 1. The van der Waals surface area contributed by atoms with Crippen LogP contribution in [0.15, 0.2) is 54.6 Å². The van der Waals surface area contributed by atoms with Crippen LogP contribution in [0.3, 0.4) is 0 Å². The first-order valence-electron chi connectivity index (χ1n) is 11.1. The van der Waals surface area contributed by atoms with E-state index in [1.165, 1.54) is 0 Å². The SMILES string of the molecule is O=C(O[C@H](C(=O)N1CCCCC1)c1ccccc1)c1ccc(CN2CCOCC2)cc1. The molecule has 6 nitrogen and oxygen atoms in total. The zero-order valence-electron chi connectivity index (χ0n) is 17.9. The Morgan fingerprint density at radius 2 is 1.55 bits per heavy atom. The summed E-state index contributed by atoms with van der Waals surface area (Å²) in [4.78, 5) is 30.2. The summed E-state index contributed by atoms with van der Waals surface area (Å²) in [7, 11) is 0. The summed E-state index contributed by atoms with van der Waals surface area (Å²) in [6.07, 6.45) is 2.20. The Labute approximate surface area is 183 Å². The van der Waals surface area contributed by atoms with Crippen molar-refractivity contribution >= 4 is 11.9 Å². The van der Waals surface area contributed by atoms with Gasteiger partial charge in [0.2, 0.25) is 6.10 Å². The van der Waals surface area contributed by atoms with Crippen molar-refractivity contribution in [3.05, 3.63) is 71.3 Å². The predicted octanol–water partition coefficient (Wildman–Crippen LogP) is 3.43. The van der Waals surface area contributed by atoms with Crippen molar-refractivity contribution in [2.75, 3.05) is 39.4 Å². The number of ether oxygens (including phenoxy) is 2. The molecule has 0 spiro atoms. The number of likely N-dealkylation sites (tertiary alicyclic amines) is 1. The van der Waals surface area contributed by atoms with Crippen molar-refractivity contribution in [3.8, 4) is 0 Å². The topological polar surface area (TPSA) is 59.1 Å². The van der Waals surface area contributed by atoms with Crippen molar-refractivity contribution < 1.29 is 19.1 Å². The molecule has 2 aliphatic rings. The molecule has 2 fully saturated rings. The van der Waals surface area contributed by atoms with Gasteiger partial charge in [-0.15, -0.1) is 0 Å². The number of benzene rings is 2. The number of hydrogen-bond donors (Lipinski definition) is 0. The molecule has 2 aromatic carbocycles. The van der Waals surface area contributed by atoms with Gasteiger partial charge in [0, 0.05) is 38.3 Å². The van der Waals surface area contributed by atoms with E-state index in [1.807, 2.05) is 47.4 Å². The van der Waals surface area contributed by atoms with Crippen LogP contribution in [0.25, 0.3) is 0 Å². The van der Waals surface area contributed by atoms with E-state index in [0.717, 1.165) is 70.8 Å². The molecule has 1 atom stereocenters. The second-order valence-corrected chi connectivity index (χ2v) is 8.17. The molecule has 0 N–H and O–H groups in total. The van der Waals surface area contributed by atoms with Crippen LogP contribution in [-0.4, -0.2) is 61.1 Å². The number of nitrogens with zero attached hydrogens (tertiary/aromatic N) is 2. The molecule has 31 heavy (non-hydrogen) atoms. The number of morpholine rings is 1. The molecule has 2 aliphatic heterocycles. The summed E-state index contributed by atoms with van der Waals surface area (Å²) >= 11 is 0. The maximum absolute atomic E-state index is 13.2. The Morgan fingerprint density at radius 1 is 0.871 bits per heavy atom. The molecule has 0 saturated carbocycles. The highest BCUT2D eigenvalue weighted by atomic mass is 16.5. The van der Waals surface area contributed by atoms with Crippen molar-refractivity contribution in [2.45, 2.75) is 31.9 Å². The van der Waals surface area contributed by atoms with Crippen LogP contribution >= 0.6 is 0 Å². The van der Waals surface area contributed by atoms with Crippen molar-refractivity contribution in [2.24, 2.45) is 0 Å². The minimum absolute atomic E-state index is 0.136. The number of rotatable bonds is 6. The van der Waals surface area contributed by atoms with Gasteiger partial charge in [0.25, 0.3) is 5.91 Å². The number of carbonyl (C=O) groups excluding carboxylic acids is 2. The molecule has 0 bridgehead atoms. The molecule has 0 radical (unpaired) electrons. The lowest BCUT2D eigenvalue weighted by Gasteiger charge is -2.30. The summed E-state index contributed by atoms with van der Waals surface area (Å²) < 4.78 is 11.2. The third-order valence-corrected chi connectivity index (χ3v) is 5.92. The zero-order valence-corrected chi connectivity index (χ0v) is 17.9. The first kappa shape index (κ1) is 21.5. The normalized spacial score (nSPS) is 18.4. The first-order chi connectivity index (χ1) is 15.2. The van der Waals surface area contributed by atoms with Gasteiger partial charge in [-0.2, -0.15) is 0 Å². The maximum Gasteiger partial charge on any atom is 0.339 e. The van der Waals surface area contributed by atoms with E-state index in [2.05, 4.69) is 4.90 Å². The highest BCUT2D eigenvalue weighted by Gasteiger charge is 2.30. The predicted molar refractivity (Wildman–Crippen MR) is 118 cm³/mol. The molecule has 2 heterocycles. The lowest BCUT2D eigenvalue weighted by Crippen LogP contribution is -2.40. The van der Waals surface area contributed by atoms with Crippen molar-refractivity contribution in [3.63, 3.8) is 0 Å². The summed E-state index contributed by atoms with van der Waals surface area (Å²) in [5.74, 6) is -0.611. The third-order valence-electron chi connectivity index (χ3n) is 5.92. The number of amides is 1. The van der Waals surface area contributed by atoms with Crippen LogP contribution in [0.5, 0.6) is 0 Å². The lowest BCUT2D eigenvalue weighted by molar-refractivity contribution is -0.142. The molecule has 1 amide bonds. The Balaban J connectivity index is 1.44. The fraction of sp³-hybridized carbons (Fsp3) is 0.440. The molecule has 0 aromatic heterocycles. The molecule has 2 saturated heterocycles. The van der Waals surface area contributed by atoms with Gasteiger partial charge >= 0.3 is 5.97 Å². The fourth-order valence-electron chi connectivity index (χ4n) is 4.11. The average molecular weight is 423 g/mol. The van der Waals surface area contributed by atoms with Crippen LogP contribution in [0.2, 0.25) is 0 Å². The largest absolute Gasteiger partial charge is 0.444 e. The number of hydrogen-bond acceptors (Lipinski definition) is 5. The van der Waals surface area contributed by atoms with Crippen LogP contribution in [0.4, 0.5) is 0 Å². The van der Waals surface area contributed by atoms with E-state index in [4.69, 9.17) is 9.47 Å². The van der Waals surface area contributed by atoms with E-state index in [0.29, 0.717) is 11.1 Å². The summed E-state index contributed by atoms with van der Waals surface area (Å²) in [5, 5.41) is 0. The Kier molecular flexibility index (Phi) is 7.33. The highest BCUT2D eigenvalue weighted by Crippen LogP contribution is 2.24. The van der Waals surface area contributed by atoms with E-state index < -0.39 is 12.1 Å². The van der Waals surface area contributed by atoms with E-state index in [-0.39, 0.29) is 5.91 Å². The minimum Gasteiger partial charge on any atom is -0.444 e. The smallest absolute Gasteiger partial charge is 0.339 e. The maximum atomic E-state index is 13.2. The van der Waals surface area contributed by atoms with Crippen LogP contribution < -0.4 is 0 Å². The molecular formula is C25H30N2O4. The van der Waals surface area contributed by atoms with Crippen LogP contribution in [0.1, 0.15) is 46.9 Å². The number of esters is 1. The van der Waals surface area contributed by atoms with Gasteiger partial charge in [0.05, 0.1) is 18.8 Å². The van der Waals surface area contributed by atoms with Crippen molar-refractivity contribution in [1.29, 1.82) is 0 Å². The fourth-order valence-corrected chi connectivity index (χ4v) is 4.11. The van der Waals surface area contributed by atoms with Gasteiger partial charge in [-0.1, -0.05) is 42.5 Å². The van der Waals surface area contributed by atoms with E-state index in [9.17, 15) is 9.59 Å². The summed E-state index contributed by atoms with van der Waals surface area (Å²) in [6, 6.07) is 16.8. The van der Waals surface area contributed by atoms with Gasteiger partial charge in [-0.05, 0) is 37.0 Å². The molecule has 164 valence electrons. The van der Waals surface area contributed by atoms with Crippen molar-refractivity contribution in [1.82, 2.24) is 9.80 Å². The Morgan fingerprint density at radius 3 is 2.23 bits per heavy atom. The quantitative estimate of drug-likeness (QED) is 0.668. The average Bonchev–Trinajstić information content (AvgIpc) is 2.84. The van der Waals surface area contributed by atoms with Crippen LogP contribution in [0, 0.1) is 0 Å². The van der Waals surface area contributed by atoms with Gasteiger partial charge in [0.15, 0.2) is 0 Å². The standard InChI is InChI=1S/C25H30N2O4/c28-24(27-13-5-2-6-14-27)23(21-7-3-1-4-8-21)31-25(29)22-11-9-20(10-12-22)19-26-15-17-30-18-16-26/h1,3-4,7-12,23H,2,5-6,13-19H2/t23-/m0/s1. The molecule has 4 rings (SSSR count). The van der Waals surface area contributed by atoms with Gasteiger partial charge in [-0.3, -0.25) is 9.69 Å². The minimum atomic E-state index is -0.917. The summed E-state index contributed by atoms with van der Waals surface area (Å²) in [5.41, 5.74) is 2.30. The Bertz CT molecular complexity index is 857. The first-order valence-corrected chi connectivity index (χ1v) is 11.1. The molecule has 0 aliphatic carbocycles. The zero-order chi connectivity index (χ0) is 21.5. The summed E-state index contributed by atoms with van der Waals surface area (Å²) in [6.45, 7) is 5.62. The molecule has 6 heteroatoms. The third kappa shape index (κ3) is 5.71. The van der Waals surface area contributed by atoms with Gasteiger partial charge < -0.3 is 14.4 Å². The molecule has 0 unspecified atom stereocenters. The van der Waals surface area contributed by atoms with Gasteiger partial charge in [0.1, 0.15) is 0 Å². The Hall–Kier alpha value is -2.70. The highest BCUT2D eigenvalue weighted by molar-refractivity contribution is 5.92. The number of carbonyl (C=O) groups is 2. The monoisotopic (exact) mass is 422 g/mol. The molecular weight excluding hydrogens is 392 g/mol.